The number of benzene rings is 1. The molecule has 1 heterocycles. The SMILES string of the molecule is CCC(C(=O)NC(CC(=O)O)C(=O)CN(C)CCc1ccccc1)n1ccnc(NCC(=[N-])C(C)=N)c1=O. The van der Waals surface area contributed by atoms with Crippen LogP contribution in [0.2, 0.25) is 0 Å². The number of anilines is 1. The lowest BCUT2D eigenvalue weighted by Crippen LogP contribution is -2.49. The Morgan fingerprint density at radius 3 is 2.53 bits per heavy atom. The van der Waals surface area contributed by atoms with Gasteiger partial charge >= 0.3 is 5.97 Å². The van der Waals surface area contributed by atoms with E-state index >= 15 is 0 Å². The van der Waals surface area contributed by atoms with Crippen LogP contribution in [0.15, 0.2) is 47.5 Å². The number of hydrogen-bond acceptors (Lipinski definition) is 8. The average molecular weight is 525 g/mol. The zero-order valence-electron chi connectivity index (χ0n) is 21.8. The van der Waals surface area contributed by atoms with E-state index in [-0.39, 0.29) is 36.8 Å². The van der Waals surface area contributed by atoms with Crippen molar-refractivity contribution in [2.24, 2.45) is 0 Å². The topological polar surface area (TPSA) is 180 Å². The number of ketones is 1. The monoisotopic (exact) mass is 524 g/mol. The van der Waals surface area contributed by atoms with Crippen LogP contribution in [0.3, 0.4) is 0 Å². The third-order valence-corrected chi connectivity index (χ3v) is 5.88. The van der Waals surface area contributed by atoms with E-state index in [2.05, 4.69) is 15.6 Å². The Morgan fingerprint density at radius 2 is 1.92 bits per heavy atom. The predicted octanol–water partition coefficient (Wildman–Crippen LogP) is 1.36. The fourth-order valence-electron chi connectivity index (χ4n) is 3.71. The lowest BCUT2D eigenvalue weighted by Gasteiger charge is -2.24. The van der Waals surface area contributed by atoms with Gasteiger partial charge in [0.25, 0.3) is 5.56 Å². The molecule has 0 saturated heterocycles. The van der Waals surface area contributed by atoms with Gasteiger partial charge in [-0.25, -0.2) is 4.98 Å². The third-order valence-electron chi connectivity index (χ3n) is 5.88. The Labute approximate surface area is 221 Å². The first-order valence-electron chi connectivity index (χ1n) is 12.2. The van der Waals surface area contributed by atoms with Gasteiger partial charge in [0.15, 0.2) is 11.6 Å². The highest BCUT2D eigenvalue weighted by atomic mass is 16.4. The maximum atomic E-state index is 13.1. The number of rotatable bonds is 16. The lowest BCUT2D eigenvalue weighted by atomic mass is 10.1. The second kappa shape index (κ2) is 14.5. The molecule has 0 aliphatic heterocycles. The Kier molecular flexibility index (Phi) is 11.5. The van der Waals surface area contributed by atoms with E-state index < -0.39 is 41.7 Å². The molecule has 1 aromatic carbocycles. The molecule has 2 aromatic rings. The number of aromatic nitrogens is 2. The summed E-state index contributed by atoms with van der Waals surface area (Å²) >= 11 is 0. The van der Waals surface area contributed by atoms with Crippen molar-refractivity contribution in [2.45, 2.75) is 45.2 Å². The first-order valence-corrected chi connectivity index (χ1v) is 12.2. The Hall–Kier alpha value is -4.19. The van der Waals surface area contributed by atoms with Crippen LogP contribution in [0.4, 0.5) is 5.82 Å². The van der Waals surface area contributed by atoms with Crippen molar-refractivity contribution in [3.63, 3.8) is 0 Å². The molecule has 2 atom stereocenters. The normalized spacial score (nSPS) is 12.4. The summed E-state index contributed by atoms with van der Waals surface area (Å²) in [4.78, 5) is 56.2. The minimum Gasteiger partial charge on any atom is -0.805 e. The van der Waals surface area contributed by atoms with Gasteiger partial charge in [-0.15, -0.1) is 5.71 Å². The summed E-state index contributed by atoms with van der Waals surface area (Å²) < 4.78 is 1.13. The van der Waals surface area contributed by atoms with Crippen molar-refractivity contribution in [1.82, 2.24) is 19.8 Å². The van der Waals surface area contributed by atoms with Gasteiger partial charge in [0.2, 0.25) is 5.91 Å². The minimum absolute atomic E-state index is 0.0580. The second-order valence-corrected chi connectivity index (χ2v) is 8.94. The smallest absolute Gasteiger partial charge is 0.305 e. The van der Waals surface area contributed by atoms with Gasteiger partial charge in [0.1, 0.15) is 6.04 Å². The van der Waals surface area contributed by atoms with Crippen LogP contribution < -0.4 is 16.2 Å². The number of nitrogens with zero attached hydrogens (tertiary/aromatic N) is 4. The molecule has 12 heteroatoms. The first kappa shape index (κ1) is 30.0. The Balaban J connectivity index is 2.11. The minimum atomic E-state index is -1.27. The molecular formula is C26H34N7O5-. The maximum Gasteiger partial charge on any atom is 0.305 e. The zero-order chi connectivity index (χ0) is 28.2. The van der Waals surface area contributed by atoms with E-state index in [0.717, 1.165) is 10.1 Å². The predicted molar refractivity (Wildman–Crippen MR) is 145 cm³/mol. The summed E-state index contributed by atoms with van der Waals surface area (Å²) in [5.74, 6) is -2.51. The Morgan fingerprint density at radius 1 is 1.24 bits per heavy atom. The first-order chi connectivity index (χ1) is 18.0. The van der Waals surface area contributed by atoms with Crippen molar-refractivity contribution in [3.8, 4) is 0 Å². The van der Waals surface area contributed by atoms with Gasteiger partial charge in [-0.05, 0) is 32.4 Å². The molecule has 0 aliphatic rings. The molecule has 12 nitrogen and oxygen atoms in total. The van der Waals surface area contributed by atoms with Crippen LogP contribution in [0, 0.1) is 5.41 Å². The number of hydrogen-bond donors (Lipinski definition) is 4. The zero-order valence-corrected chi connectivity index (χ0v) is 21.8. The van der Waals surface area contributed by atoms with E-state index in [4.69, 9.17) is 5.41 Å². The fourth-order valence-corrected chi connectivity index (χ4v) is 3.71. The molecule has 0 radical (unpaired) electrons. The van der Waals surface area contributed by atoms with Gasteiger partial charge in [-0.2, -0.15) is 0 Å². The van der Waals surface area contributed by atoms with Gasteiger partial charge in [0.05, 0.1) is 19.0 Å². The molecule has 0 saturated carbocycles. The van der Waals surface area contributed by atoms with Crippen LogP contribution in [-0.2, 0) is 20.8 Å². The number of carboxylic acid groups (broad SMARTS) is 1. The number of likely N-dealkylation sites (N-methyl/N-ethyl adjacent to an activating group) is 1. The largest absolute Gasteiger partial charge is 0.805 e. The number of amides is 1. The van der Waals surface area contributed by atoms with E-state index in [1.165, 1.54) is 19.3 Å². The fraction of sp³-hybridized carbons (Fsp3) is 0.423. The van der Waals surface area contributed by atoms with Crippen LogP contribution >= 0.6 is 0 Å². The maximum absolute atomic E-state index is 13.1. The van der Waals surface area contributed by atoms with Crippen molar-refractivity contribution in [2.75, 3.05) is 32.0 Å². The van der Waals surface area contributed by atoms with Gasteiger partial charge in [-0.1, -0.05) is 37.3 Å². The van der Waals surface area contributed by atoms with Crippen LogP contribution in [0.25, 0.3) is 5.41 Å². The molecule has 0 fully saturated rings. The molecule has 0 bridgehead atoms. The summed E-state index contributed by atoms with van der Waals surface area (Å²) in [5.41, 5.74) is 0.118. The number of aliphatic carboxylic acids is 1. The van der Waals surface area contributed by atoms with Gasteiger partial charge in [0, 0.05) is 31.2 Å². The summed E-state index contributed by atoms with van der Waals surface area (Å²) in [5, 5.41) is 31.6. The molecule has 1 amide bonds. The van der Waals surface area contributed by atoms with E-state index in [1.807, 2.05) is 30.3 Å². The number of carboxylic acids is 1. The van der Waals surface area contributed by atoms with Crippen molar-refractivity contribution < 1.29 is 19.5 Å². The summed E-state index contributed by atoms with van der Waals surface area (Å²) in [7, 11) is 1.75. The number of Topliss-reactive ketones (excluding diaryl/α,β-unsaturated/α-hetero) is 1. The lowest BCUT2D eigenvalue weighted by molar-refractivity contribution is -0.140. The number of carbonyl (C=O) groups is 3. The molecule has 38 heavy (non-hydrogen) atoms. The van der Waals surface area contributed by atoms with E-state index in [0.29, 0.717) is 13.0 Å². The van der Waals surface area contributed by atoms with Crippen molar-refractivity contribution in [3.05, 3.63) is 64.1 Å². The standard InChI is InChI=1S/C26H34N7O5/c1-4-21(33-13-11-29-24(26(33)38)30-15-19(28)17(2)27)25(37)31-20(14-23(35)36)22(34)16-32(3)12-10-18-8-6-5-7-9-18/h5-9,11,13,20-21,27H,4,10,12,14-16H2,1-3H3,(H,29,30)(H,31,37)(H,35,36)/q-1. The van der Waals surface area contributed by atoms with Gasteiger partial charge < -0.3 is 26.6 Å². The van der Waals surface area contributed by atoms with Crippen LogP contribution in [0.1, 0.15) is 38.3 Å². The molecular weight excluding hydrogens is 490 g/mol. The van der Waals surface area contributed by atoms with Crippen molar-refractivity contribution >= 4 is 34.9 Å². The van der Waals surface area contributed by atoms with Crippen molar-refractivity contribution in [1.29, 1.82) is 5.41 Å². The summed E-state index contributed by atoms with van der Waals surface area (Å²) in [6.07, 6.45) is 2.91. The molecule has 2 rings (SSSR count). The number of carbonyl (C=O) groups excluding carboxylic acids is 2. The Bertz CT molecular complexity index is 1210. The quantitative estimate of drug-likeness (QED) is 0.238. The summed E-state index contributed by atoms with van der Waals surface area (Å²) in [6, 6.07) is 7.42. The van der Waals surface area contributed by atoms with E-state index in [9.17, 15) is 29.7 Å². The molecule has 0 spiro atoms. The molecule has 1 aromatic heterocycles. The average Bonchev–Trinajstić information content (AvgIpc) is 2.87. The molecule has 0 aliphatic carbocycles. The number of nitrogens with one attached hydrogen (secondary N) is 3. The third kappa shape index (κ3) is 9.04. The molecule has 204 valence electrons. The second-order valence-electron chi connectivity index (χ2n) is 8.94. The highest BCUT2D eigenvalue weighted by Gasteiger charge is 2.29. The van der Waals surface area contributed by atoms with Gasteiger partial charge in [-0.3, -0.25) is 28.6 Å². The highest BCUT2D eigenvalue weighted by molar-refractivity contribution is 6.42. The molecule has 2 unspecified atom stereocenters. The molecule has 4 N–H and O–H groups in total. The summed E-state index contributed by atoms with van der Waals surface area (Å²) in [6.45, 7) is 3.37. The van der Waals surface area contributed by atoms with Crippen LogP contribution in [-0.4, -0.2) is 81.4 Å². The van der Waals surface area contributed by atoms with E-state index in [1.54, 1.807) is 18.9 Å². The highest BCUT2D eigenvalue weighted by Crippen LogP contribution is 2.11. The van der Waals surface area contributed by atoms with Crippen LogP contribution in [0.5, 0.6) is 0 Å².